The molecule has 1 saturated carbocycles. The predicted octanol–water partition coefficient (Wildman–Crippen LogP) is 3.89. The second kappa shape index (κ2) is 5.72. The van der Waals surface area contributed by atoms with Crippen LogP contribution in [0.2, 0.25) is 0 Å². The highest BCUT2D eigenvalue weighted by Crippen LogP contribution is 2.28. The van der Waals surface area contributed by atoms with Crippen molar-refractivity contribution in [2.24, 2.45) is 5.92 Å². The van der Waals surface area contributed by atoms with E-state index in [4.69, 9.17) is 4.74 Å². The Balaban J connectivity index is 1.90. The van der Waals surface area contributed by atoms with Crippen molar-refractivity contribution in [1.29, 1.82) is 0 Å². The van der Waals surface area contributed by atoms with Gasteiger partial charge in [-0.25, -0.2) is 9.78 Å². The molecular formula is C17H19NO3. The normalized spacial score (nSPS) is 22.1. The third-order valence-corrected chi connectivity index (χ3v) is 4.17. The Kier molecular flexibility index (Phi) is 3.78. The minimum atomic E-state index is -0.948. The van der Waals surface area contributed by atoms with Crippen LogP contribution in [0.3, 0.4) is 0 Å². The van der Waals surface area contributed by atoms with Crippen molar-refractivity contribution in [2.75, 3.05) is 0 Å². The predicted molar refractivity (Wildman–Crippen MR) is 80.8 cm³/mol. The molecule has 0 spiro atoms. The molecule has 21 heavy (non-hydrogen) atoms. The van der Waals surface area contributed by atoms with Gasteiger partial charge in [-0.15, -0.1) is 0 Å². The van der Waals surface area contributed by atoms with Crippen LogP contribution in [0.25, 0.3) is 10.9 Å². The maximum absolute atomic E-state index is 11.4. The molecule has 0 bridgehead atoms. The number of para-hydroxylation sites is 1. The van der Waals surface area contributed by atoms with E-state index >= 15 is 0 Å². The van der Waals surface area contributed by atoms with E-state index in [1.807, 2.05) is 18.2 Å². The van der Waals surface area contributed by atoms with Crippen LogP contribution in [0.4, 0.5) is 0 Å². The lowest BCUT2D eigenvalue weighted by Gasteiger charge is -2.26. The van der Waals surface area contributed by atoms with E-state index in [1.54, 1.807) is 12.1 Å². The number of pyridine rings is 1. The smallest absolute Gasteiger partial charge is 0.336 e. The molecule has 1 aromatic heterocycles. The maximum Gasteiger partial charge on any atom is 0.336 e. The zero-order valence-corrected chi connectivity index (χ0v) is 12.1. The first-order chi connectivity index (χ1) is 10.1. The molecule has 1 fully saturated rings. The van der Waals surface area contributed by atoms with Crippen LogP contribution in [-0.2, 0) is 0 Å². The number of carboxylic acids is 1. The second-order valence-electron chi connectivity index (χ2n) is 5.83. The van der Waals surface area contributed by atoms with E-state index in [9.17, 15) is 9.90 Å². The van der Waals surface area contributed by atoms with E-state index in [0.29, 0.717) is 16.8 Å². The first-order valence-electron chi connectivity index (χ1n) is 7.43. The lowest BCUT2D eigenvalue weighted by Crippen LogP contribution is -2.23. The lowest BCUT2D eigenvalue weighted by atomic mass is 9.89. The fourth-order valence-electron chi connectivity index (χ4n) is 2.91. The van der Waals surface area contributed by atoms with Crippen LogP contribution in [0.15, 0.2) is 30.3 Å². The highest BCUT2D eigenvalue weighted by molar-refractivity contribution is 6.02. The van der Waals surface area contributed by atoms with Gasteiger partial charge in [-0.3, -0.25) is 0 Å². The van der Waals surface area contributed by atoms with Crippen molar-refractivity contribution in [1.82, 2.24) is 4.98 Å². The number of benzene rings is 1. The number of rotatable bonds is 3. The van der Waals surface area contributed by atoms with Gasteiger partial charge in [-0.05, 0) is 37.7 Å². The zero-order valence-electron chi connectivity index (χ0n) is 12.1. The van der Waals surface area contributed by atoms with Gasteiger partial charge >= 0.3 is 5.97 Å². The van der Waals surface area contributed by atoms with Gasteiger partial charge < -0.3 is 9.84 Å². The summed E-state index contributed by atoms with van der Waals surface area (Å²) in [6.07, 6.45) is 4.49. The molecule has 1 aromatic carbocycles. The molecule has 1 heterocycles. The summed E-state index contributed by atoms with van der Waals surface area (Å²) in [6, 6.07) is 8.81. The van der Waals surface area contributed by atoms with Crippen LogP contribution in [-0.4, -0.2) is 22.2 Å². The SMILES string of the molecule is CC1CCC(Oc2cc(C(=O)O)c3ccccc3n2)CC1. The highest BCUT2D eigenvalue weighted by atomic mass is 16.5. The van der Waals surface area contributed by atoms with Crippen molar-refractivity contribution in [3.63, 3.8) is 0 Å². The molecule has 0 amide bonds. The molecule has 4 heteroatoms. The fraction of sp³-hybridized carbons (Fsp3) is 0.412. The summed E-state index contributed by atoms with van der Waals surface area (Å²) in [6.45, 7) is 2.26. The Hall–Kier alpha value is -2.10. The number of nitrogens with zero attached hydrogens (tertiary/aromatic N) is 1. The molecule has 110 valence electrons. The summed E-state index contributed by atoms with van der Waals surface area (Å²) in [5, 5.41) is 10.0. The number of hydrogen-bond donors (Lipinski definition) is 1. The molecule has 3 rings (SSSR count). The number of ether oxygens (including phenoxy) is 1. The van der Waals surface area contributed by atoms with Crippen LogP contribution < -0.4 is 4.74 Å². The number of aromatic nitrogens is 1. The molecule has 1 aliphatic rings. The molecular weight excluding hydrogens is 266 g/mol. The average molecular weight is 285 g/mol. The van der Waals surface area contributed by atoms with E-state index in [1.165, 1.54) is 0 Å². The molecule has 2 aromatic rings. The second-order valence-corrected chi connectivity index (χ2v) is 5.83. The van der Waals surface area contributed by atoms with E-state index in [-0.39, 0.29) is 11.7 Å². The van der Waals surface area contributed by atoms with E-state index < -0.39 is 5.97 Å². The number of hydrogen-bond acceptors (Lipinski definition) is 3. The quantitative estimate of drug-likeness (QED) is 0.929. The molecule has 0 unspecified atom stereocenters. The molecule has 0 aliphatic heterocycles. The van der Waals surface area contributed by atoms with Gasteiger partial charge in [-0.2, -0.15) is 0 Å². The van der Waals surface area contributed by atoms with Gasteiger partial charge in [0.25, 0.3) is 0 Å². The van der Waals surface area contributed by atoms with Crippen molar-refractivity contribution in [3.8, 4) is 5.88 Å². The largest absolute Gasteiger partial charge is 0.478 e. The number of carbonyl (C=O) groups is 1. The molecule has 0 atom stereocenters. The Labute approximate surface area is 123 Å². The summed E-state index contributed by atoms with van der Waals surface area (Å²) in [5.74, 6) is 0.227. The summed E-state index contributed by atoms with van der Waals surface area (Å²) >= 11 is 0. The van der Waals surface area contributed by atoms with Crippen LogP contribution in [0.5, 0.6) is 5.88 Å². The molecule has 1 aliphatic carbocycles. The topological polar surface area (TPSA) is 59.4 Å². The minimum Gasteiger partial charge on any atom is -0.478 e. The van der Waals surface area contributed by atoms with Crippen LogP contribution in [0, 0.1) is 5.92 Å². The molecule has 1 N–H and O–H groups in total. The Morgan fingerprint density at radius 3 is 2.67 bits per heavy atom. The van der Waals surface area contributed by atoms with Crippen molar-refractivity contribution in [2.45, 2.75) is 38.7 Å². The Morgan fingerprint density at radius 1 is 1.24 bits per heavy atom. The monoisotopic (exact) mass is 285 g/mol. The summed E-state index contributed by atoms with van der Waals surface area (Å²) in [7, 11) is 0. The number of carboxylic acid groups (broad SMARTS) is 1. The Morgan fingerprint density at radius 2 is 1.95 bits per heavy atom. The van der Waals surface area contributed by atoms with Gasteiger partial charge in [-0.1, -0.05) is 25.1 Å². The third-order valence-electron chi connectivity index (χ3n) is 4.17. The van der Waals surface area contributed by atoms with E-state index in [2.05, 4.69) is 11.9 Å². The van der Waals surface area contributed by atoms with Gasteiger partial charge in [0.2, 0.25) is 5.88 Å². The lowest BCUT2D eigenvalue weighted by molar-refractivity contribution is 0.0697. The van der Waals surface area contributed by atoms with Gasteiger partial charge in [0, 0.05) is 11.5 Å². The van der Waals surface area contributed by atoms with E-state index in [0.717, 1.165) is 31.6 Å². The summed E-state index contributed by atoms with van der Waals surface area (Å²) in [4.78, 5) is 15.9. The zero-order chi connectivity index (χ0) is 14.8. The van der Waals surface area contributed by atoms with Crippen LogP contribution in [0.1, 0.15) is 43.0 Å². The van der Waals surface area contributed by atoms with Gasteiger partial charge in [0.15, 0.2) is 0 Å². The summed E-state index contributed by atoms with van der Waals surface area (Å²) in [5.41, 5.74) is 0.913. The first kappa shape index (κ1) is 13.9. The first-order valence-corrected chi connectivity index (χ1v) is 7.43. The molecule has 4 nitrogen and oxygen atoms in total. The van der Waals surface area contributed by atoms with Crippen LogP contribution >= 0.6 is 0 Å². The van der Waals surface area contributed by atoms with Crippen molar-refractivity contribution < 1.29 is 14.6 Å². The number of aromatic carboxylic acids is 1. The summed E-state index contributed by atoms with van der Waals surface area (Å²) < 4.78 is 5.93. The molecule has 0 saturated heterocycles. The number of fused-ring (bicyclic) bond motifs is 1. The van der Waals surface area contributed by atoms with Gasteiger partial charge in [0.1, 0.15) is 6.10 Å². The minimum absolute atomic E-state index is 0.150. The third kappa shape index (κ3) is 2.99. The Bertz CT molecular complexity index is 660. The standard InChI is InChI=1S/C17H19NO3/c1-11-6-8-12(9-7-11)21-16-10-14(17(19)20)13-4-2-3-5-15(13)18-16/h2-5,10-12H,6-9H2,1H3,(H,19,20). The van der Waals surface area contributed by atoms with Crippen molar-refractivity contribution >= 4 is 16.9 Å². The molecule has 0 radical (unpaired) electrons. The maximum atomic E-state index is 11.4. The fourth-order valence-corrected chi connectivity index (χ4v) is 2.91. The van der Waals surface area contributed by atoms with Gasteiger partial charge in [0.05, 0.1) is 11.1 Å². The van der Waals surface area contributed by atoms with Crippen molar-refractivity contribution in [3.05, 3.63) is 35.9 Å². The average Bonchev–Trinajstić information content (AvgIpc) is 2.48. The highest BCUT2D eigenvalue weighted by Gasteiger charge is 2.21.